The highest BCUT2D eigenvalue weighted by Gasteiger charge is 2.24. The number of H-pyrrole nitrogens is 1. The summed E-state index contributed by atoms with van der Waals surface area (Å²) in [7, 11) is 0. The first kappa shape index (κ1) is 15.5. The number of amides is 1. The zero-order valence-electron chi connectivity index (χ0n) is 13.9. The molecule has 0 spiro atoms. The van der Waals surface area contributed by atoms with Crippen LogP contribution in [0.1, 0.15) is 23.4 Å². The first-order valence-corrected chi connectivity index (χ1v) is 8.44. The third kappa shape index (κ3) is 3.28. The molecule has 4 heterocycles. The molecule has 0 saturated carbocycles. The molecule has 0 fully saturated rings. The summed E-state index contributed by atoms with van der Waals surface area (Å²) >= 11 is 0. The molecule has 3 aromatic heterocycles. The van der Waals surface area contributed by atoms with Crippen LogP contribution in [0.4, 0.5) is 0 Å². The molecule has 6 heteroatoms. The van der Waals surface area contributed by atoms with E-state index >= 15 is 0 Å². The van der Waals surface area contributed by atoms with Gasteiger partial charge in [0.15, 0.2) is 0 Å². The van der Waals surface area contributed by atoms with Crippen LogP contribution >= 0.6 is 0 Å². The molecule has 1 aliphatic heterocycles. The normalized spacial score (nSPS) is 13.5. The Labute approximate surface area is 146 Å². The van der Waals surface area contributed by atoms with E-state index in [4.69, 9.17) is 0 Å². The molecular weight excluding hydrogens is 314 g/mol. The van der Waals surface area contributed by atoms with Gasteiger partial charge in [0.1, 0.15) is 6.33 Å². The van der Waals surface area contributed by atoms with Crippen LogP contribution in [0.15, 0.2) is 49.2 Å². The number of fused-ring (bicyclic) bond motifs is 1. The van der Waals surface area contributed by atoms with E-state index in [0.29, 0.717) is 19.5 Å². The van der Waals surface area contributed by atoms with Gasteiger partial charge in [-0.3, -0.25) is 9.78 Å². The van der Waals surface area contributed by atoms with E-state index in [-0.39, 0.29) is 5.91 Å². The molecule has 6 nitrogen and oxygen atoms in total. The van der Waals surface area contributed by atoms with Crippen LogP contribution in [-0.4, -0.2) is 37.3 Å². The van der Waals surface area contributed by atoms with Crippen molar-refractivity contribution >= 4 is 5.91 Å². The number of hydrogen-bond donors (Lipinski definition) is 1. The van der Waals surface area contributed by atoms with Crippen molar-refractivity contribution in [1.29, 1.82) is 0 Å². The van der Waals surface area contributed by atoms with Crippen LogP contribution < -0.4 is 0 Å². The summed E-state index contributed by atoms with van der Waals surface area (Å²) in [5, 5.41) is 0. The predicted molar refractivity (Wildman–Crippen MR) is 93.5 cm³/mol. The van der Waals surface area contributed by atoms with E-state index in [1.807, 2.05) is 35.4 Å². The van der Waals surface area contributed by atoms with Crippen LogP contribution in [-0.2, 0) is 24.2 Å². The molecule has 126 valence electrons. The van der Waals surface area contributed by atoms with Gasteiger partial charge in [0.2, 0.25) is 5.91 Å². The van der Waals surface area contributed by atoms with E-state index in [0.717, 1.165) is 41.1 Å². The Balaban J connectivity index is 1.53. The first-order chi connectivity index (χ1) is 12.3. The minimum absolute atomic E-state index is 0.171. The molecule has 4 rings (SSSR count). The van der Waals surface area contributed by atoms with Gasteiger partial charge in [0, 0.05) is 61.3 Å². The standard InChI is InChI=1S/C19H19N5O/c25-18(4-3-15-2-1-8-21-15)24-11-7-17-16(12-24)19(23-13-22-17)14-5-9-20-10-6-14/h1-2,5-6,8-10,13,21H,3-4,7,11-12H2. The second-order valence-corrected chi connectivity index (χ2v) is 6.14. The molecule has 1 N–H and O–H groups in total. The van der Waals surface area contributed by atoms with Crippen molar-refractivity contribution in [2.24, 2.45) is 0 Å². The Morgan fingerprint density at radius 1 is 1.20 bits per heavy atom. The van der Waals surface area contributed by atoms with Gasteiger partial charge in [0.05, 0.1) is 11.4 Å². The van der Waals surface area contributed by atoms with Gasteiger partial charge >= 0.3 is 0 Å². The van der Waals surface area contributed by atoms with Crippen LogP contribution in [0.3, 0.4) is 0 Å². The average Bonchev–Trinajstić information content (AvgIpc) is 3.19. The van der Waals surface area contributed by atoms with Gasteiger partial charge in [-0.1, -0.05) is 0 Å². The summed E-state index contributed by atoms with van der Waals surface area (Å²) in [5.74, 6) is 0.171. The molecule has 0 saturated heterocycles. The van der Waals surface area contributed by atoms with Crippen LogP contribution in [0.2, 0.25) is 0 Å². The van der Waals surface area contributed by atoms with Gasteiger partial charge in [-0.25, -0.2) is 9.97 Å². The molecule has 0 bridgehead atoms. The molecule has 25 heavy (non-hydrogen) atoms. The third-order valence-electron chi connectivity index (χ3n) is 4.58. The van der Waals surface area contributed by atoms with E-state index in [2.05, 4.69) is 19.9 Å². The van der Waals surface area contributed by atoms with Crippen molar-refractivity contribution in [3.8, 4) is 11.3 Å². The maximum atomic E-state index is 12.6. The maximum Gasteiger partial charge on any atom is 0.223 e. The Kier molecular flexibility index (Phi) is 4.24. The number of carbonyl (C=O) groups excluding carboxylic acids is 1. The third-order valence-corrected chi connectivity index (χ3v) is 4.58. The fourth-order valence-electron chi connectivity index (χ4n) is 3.24. The van der Waals surface area contributed by atoms with E-state index < -0.39 is 0 Å². The number of pyridine rings is 1. The highest BCUT2D eigenvalue weighted by atomic mass is 16.2. The number of nitrogens with zero attached hydrogens (tertiary/aromatic N) is 4. The lowest BCUT2D eigenvalue weighted by molar-refractivity contribution is -0.132. The lowest BCUT2D eigenvalue weighted by Crippen LogP contribution is -2.37. The van der Waals surface area contributed by atoms with Crippen molar-refractivity contribution in [3.63, 3.8) is 0 Å². The fourth-order valence-corrected chi connectivity index (χ4v) is 3.24. The summed E-state index contributed by atoms with van der Waals surface area (Å²) in [6.07, 6.45) is 9.01. The maximum absolute atomic E-state index is 12.6. The summed E-state index contributed by atoms with van der Waals surface area (Å²) < 4.78 is 0. The summed E-state index contributed by atoms with van der Waals surface area (Å²) in [5.41, 5.74) is 5.08. The molecule has 0 aromatic carbocycles. The second kappa shape index (κ2) is 6.84. The van der Waals surface area contributed by atoms with Crippen LogP contribution in [0.25, 0.3) is 11.3 Å². The molecule has 0 unspecified atom stereocenters. The number of aryl methyl sites for hydroxylation is 1. The van der Waals surface area contributed by atoms with Gasteiger partial charge in [-0.15, -0.1) is 0 Å². The number of aromatic amines is 1. The number of hydrogen-bond acceptors (Lipinski definition) is 4. The van der Waals surface area contributed by atoms with Crippen LogP contribution in [0, 0.1) is 0 Å². The van der Waals surface area contributed by atoms with Crippen molar-refractivity contribution in [2.75, 3.05) is 6.54 Å². The summed E-state index contributed by atoms with van der Waals surface area (Å²) in [4.78, 5) is 30.6. The molecule has 0 aliphatic carbocycles. The van der Waals surface area contributed by atoms with Crippen molar-refractivity contribution in [1.82, 2.24) is 24.8 Å². The molecule has 0 radical (unpaired) electrons. The topological polar surface area (TPSA) is 74.8 Å². The smallest absolute Gasteiger partial charge is 0.223 e. The Hall–Kier alpha value is -3.02. The van der Waals surface area contributed by atoms with Gasteiger partial charge < -0.3 is 9.88 Å². The largest absolute Gasteiger partial charge is 0.365 e. The van der Waals surface area contributed by atoms with Crippen molar-refractivity contribution in [3.05, 3.63) is 66.1 Å². The number of nitrogens with one attached hydrogen (secondary N) is 1. The Morgan fingerprint density at radius 2 is 2.08 bits per heavy atom. The summed E-state index contributed by atoms with van der Waals surface area (Å²) in [6, 6.07) is 7.84. The highest BCUT2D eigenvalue weighted by molar-refractivity contribution is 5.77. The van der Waals surface area contributed by atoms with E-state index in [1.54, 1.807) is 18.7 Å². The zero-order valence-corrected chi connectivity index (χ0v) is 13.9. The summed E-state index contributed by atoms with van der Waals surface area (Å²) in [6.45, 7) is 1.28. The van der Waals surface area contributed by atoms with Crippen molar-refractivity contribution < 1.29 is 4.79 Å². The van der Waals surface area contributed by atoms with Crippen molar-refractivity contribution in [2.45, 2.75) is 25.8 Å². The Morgan fingerprint density at radius 3 is 2.88 bits per heavy atom. The molecule has 1 aliphatic rings. The lowest BCUT2D eigenvalue weighted by atomic mass is 9.99. The molecule has 3 aromatic rings. The minimum Gasteiger partial charge on any atom is -0.365 e. The average molecular weight is 333 g/mol. The highest BCUT2D eigenvalue weighted by Crippen LogP contribution is 2.27. The number of carbonyl (C=O) groups is 1. The van der Waals surface area contributed by atoms with Crippen LogP contribution in [0.5, 0.6) is 0 Å². The SMILES string of the molecule is O=C(CCc1ccc[nH]1)N1CCc2ncnc(-c3ccncc3)c2C1. The number of aromatic nitrogens is 4. The quantitative estimate of drug-likeness (QED) is 0.795. The predicted octanol–water partition coefficient (Wildman–Crippen LogP) is 2.38. The fraction of sp³-hybridized carbons (Fsp3) is 0.263. The zero-order chi connectivity index (χ0) is 17.1. The Bertz CT molecular complexity index is 861. The van der Waals surface area contributed by atoms with Gasteiger partial charge in [0.25, 0.3) is 0 Å². The minimum atomic E-state index is 0.171. The van der Waals surface area contributed by atoms with Gasteiger partial charge in [-0.2, -0.15) is 0 Å². The monoisotopic (exact) mass is 333 g/mol. The molecular formula is C19H19N5O. The number of rotatable bonds is 4. The molecule has 0 atom stereocenters. The van der Waals surface area contributed by atoms with E-state index in [9.17, 15) is 4.79 Å². The molecule has 1 amide bonds. The van der Waals surface area contributed by atoms with Gasteiger partial charge in [-0.05, 0) is 30.7 Å². The lowest BCUT2D eigenvalue weighted by Gasteiger charge is -2.29. The first-order valence-electron chi connectivity index (χ1n) is 8.44. The second-order valence-electron chi connectivity index (χ2n) is 6.14. The van der Waals surface area contributed by atoms with E-state index in [1.165, 1.54) is 0 Å².